The molecule has 2 atom stereocenters. The molecule has 0 bridgehead atoms. The van der Waals surface area contributed by atoms with Crippen molar-refractivity contribution in [3.63, 3.8) is 0 Å². The van der Waals surface area contributed by atoms with Crippen molar-refractivity contribution in [2.75, 3.05) is 20.2 Å². The molecule has 1 saturated heterocycles. The van der Waals surface area contributed by atoms with Crippen LogP contribution in [0.15, 0.2) is 6.20 Å². The molecule has 0 unspecified atom stereocenters. The van der Waals surface area contributed by atoms with Crippen molar-refractivity contribution in [3.8, 4) is 0 Å². The second-order valence-electron chi connectivity index (χ2n) is 4.73. The predicted octanol–water partition coefficient (Wildman–Crippen LogP) is 0.983. The number of nitrogens with zero attached hydrogens (tertiary/aromatic N) is 1. The monoisotopic (exact) mass is 269 g/mol. The second-order valence-corrected chi connectivity index (χ2v) is 5.79. The van der Waals surface area contributed by atoms with E-state index in [1.807, 2.05) is 0 Å². The highest BCUT2D eigenvalue weighted by Gasteiger charge is 2.28. The summed E-state index contributed by atoms with van der Waals surface area (Å²) in [5.74, 6) is 0.298. The molecule has 5 nitrogen and oxygen atoms in total. The van der Waals surface area contributed by atoms with Gasteiger partial charge in [0.2, 0.25) is 0 Å². The van der Waals surface area contributed by atoms with Crippen LogP contribution in [0.4, 0.5) is 0 Å². The maximum atomic E-state index is 12.1. The third kappa shape index (κ3) is 2.88. The number of carbonyl (C=O) groups excluding carboxylic acids is 1. The molecule has 18 heavy (non-hydrogen) atoms. The summed E-state index contributed by atoms with van der Waals surface area (Å²) in [6.45, 7) is 5.67. The van der Waals surface area contributed by atoms with Gasteiger partial charge in [-0.05, 0) is 0 Å². The van der Waals surface area contributed by atoms with Crippen molar-refractivity contribution in [1.82, 2.24) is 15.6 Å². The molecule has 1 aliphatic heterocycles. The molecular formula is C12H19N3O2S. The summed E-state index contributed by atoms with van der Waals surface area (Å²) in [5.41, 5.74) is 0. The number of amides is 1. The van der Waals surface area contributed by atoms with E-state index in [0.29, 0.717) is 10.8 Å². The van der Waals surface area contributed by atoms with E-state index in [1.54, 1.807) is 13.3 Å². The third-order valence-electron chi connectivity index (χ3n) is 3.02. The first kappa shape index (κ1) is 13.5. The zero-order valence-electron chi connectivity index (χ0n) is 10.9. The van der Waals surface area contributed by atoms with Crippen molar-refractivity contribution in [3.05, 3.63) is 16.1 Å². The molecule has 2 N–H and O–H groups in total. The van der Waals surface area contributed by atoms with Gasteiger partial charge < -0.3 is 15.4 Å². The van der Waals surface area contributed by atoms with Crippen molar-refractivity contribution in [2.24, 2.45) is 0 Å². The first-order chi connectivity index (χ1) is 8.61. The number of thiazole rings is 1. The SMILES string of the molecule is CO[C@H]1CNC[C@H]1NC(=O)c1cnc(C(C)C)s1. The fraction of sp³-hybridized carbons (Fsp3) is 0.667. The molecule has 2 rings (SSSR count). The Morgan fingerprint density at radius 2 is 2.39 bits per heavy atom. The summed E-state index contributed by atoms with van der Waals surface area (Å²) >= 11 is 1.46. The molecular weight excluding hydrogens is 250 g/mol. The van der Waals surface area contributed by atoms with Crippen LogP contribution in [0.5, 0.6) is 0 Å². The number of ether oxygens (including phenoxy) is 1. The van der Waals surface area contributed by atoms with Gasteiger partial charge >= 0.3 is 0 Å². The quantitative estimate of drug-likeness (QED) is 0.855. The first-order valence-corrected chi connectivity index (χ1v) is 6.93. The Morgan fingerprint density at radius 1 is 1.61 bits per heavy atom. The Bertz CT molecular complexity index is 419. The Kier molecular flexibility index (Phi) is 4.31. The maximum Gasteiger partial charge on any atom is 0.263 e. The lowest BCUT2D eigenvalue weighted by Gasteiger charge is -2.17. The zero-order valence-corrected chi connectivity index (χ0v) is 11.7. The number of nitrogens with one attached hydrogen (secondary N) is 2. The molecule has 6 heteroatoms. The molecule has 1 aliphatic rings. The van der Waals surface area contributed by atoms with Gasteiger partial charge in [0.05, 0.1) is 23.4 Å². The van der Waals surface area contributed by atoms with Crippen molar-refractivity contribution < 1.29 is 9.53 Å². The number of hydrogen-bond acceptors (Lipinski definition) is 5. The molecule has 1 aromatic heterocycles. The minimum atomic E-state index is -0.0600. The van der Waals surface area contributed by atoms with Gasteiger partial charge in [0.15, 0.2) is 0 Å². The lowest BCUT2D eigenvalue weighted by atomic mass is 10.2. The van der Waals surface area contributed by atoms with Crippen LogP contribution >= 0.6 is 11.3 Å². The highest BCUT2D eigenvalue weighted by Crippen LogP contribution is 2.21. The van der Waals surface area contributed by atoms with E-state index in [9.17, 15) is 4.79 Å². The summed E-state index contributed by atoms with van der Waals surface area (Å²) in [6.07, 6.45) is 1.70. The van der Waals surface area contributed by atoms with Crippen LogP contribution in [0.3, 0.4) is 0 Å². The molecule has 0 aliphatic carbocycles. The van der Waals surface area contributed by atoms with E-state index in [-0.39, 0.29) is 18.1 Å². The molecule has 0 spiro atoms. The van der Waals surface area contributed by atoms with Gasteiger partial charge in [0, 0.05) is 26.1 Å². The van der Waals surface area contributed by atoms with Gasteiger partial charge in [0.1, 0.15) is 4.88 Å². The fourth-order valence-corrected chi connectivity index (χ4v) is 2.77. The van der Waals surface area contributed by atoms with Gasteiger partial charge in [-0.25, -0.2) is 4.98 Å². The number of rotatable bonds is 4. The minimum absolute atomic E-state index is 0.0344. The van der Waals surface area contributed by atoms with Crippen molar-refractivity contribution in [2.45, 2.75) is 31.9 Å². The maximum absolute atomic E-state index is 12.1. The van der Waals surface area contributed by atoms with Gasteiger partial charge in [-0.3, -0.25) is 4.79 Å². The van der Waals surface area contributed by atoms with Crippen LogP contribution < -0.4 is 10.6 Å². The summed E-state index contributed by atoms with van der Waals surface area (Å²) in [7, 11) is 1.67. The lowest BCUT2D eigenvalue weighted by Crippen LogP contribution is -2.43. The summed E-state index contributed by atoms with van der Waals surface area (Å²) in [6, 6.07) is 0.0344. The van der Waals surface area contributed by atoms with E-state index in [0.717, 1.165) is 18.1 Å². The normalized spacial score (nSPS) is 23.6. The van der Waals surface area contributed by atoms with Gasteiger partial charge in [-0.1, -0.05) is 13.8 Å². The minimum Gasteiger partial charge on any atom is -0.378 e. The summed E-state index contributed by atoms with van der Waals surface area (Å²) < 4.78 is 5.31. The molecule has 0 aromatic carbocycles. The number of carbonyl (C=O) groups is 1. The van der Waals surface area contributed by atoms with Gasteiger partial charge in [-0.2, -0.15) is 0 Å². The Labute approximate surface area is 111 Å². The summed E-state index contributed by atoms with van der Waals surface area (Å²) in [5, 5.41) is 7.19. The standard InChI is InChI=1S/C12H19N3O2S/c1-7(2)12-14-6-10(18-12)11(16)15-8-4-13-5-9(8)17-3/h6-9,13H,4-5H2,1-3H3,(H,15,16)/t8-,9+/m1/s1. The first-order valence-electron chi connectivity index (χ1n) is 6.12. The number of aromatic nitrogens is 1. The van der Waals surface area contributed by atoms with E-state index in [1.165, 1.54) is 11.3 Å². The number of hydrogen-bond donors (Lipinski definition) is 2. The molecule has 2 heterocycles. The lowest BCUT2D eigenvalue weighted by molar-refractivity contribution is 0.0782. The van der Waals surface area contributed by atoms with Crippen molar-refractivity contribution in [1.29, 1.82) is 0 Å². The fourth-order valence-electron chi connectivity index (χ4n) is 1.95. The van der Waals surface area contributed by atoms with Crippen molar-refractivity contribution >= 4 is 17.2 Å². The predicted molar refractivity (Wildman–Crippen MR) is 71.1 cm³/mol. The van der Waals surface area contributed by atoms with Crippen LogP contribution in [0.1, 0.15) is 34.4 Å². The average Bonchev–Trinajstić information content (AvgIpc) is 2.96. The van der Waals surface area contributed by atoms with Crippen LogP contribution in [-0.2, 0) is 4.74 Å². The van der Waals surface area contributed by atoms with Crippen LogP contribution in [0.2, 0.25) is 0 Å². The highest BCUT2D eigenvalue weighted by atomic mass is 32.1. The molecule has 1 fully saturated rings. The Morgan fingerprint density at radius 3 is 3.00 bits per heavy atom. The van der Waals surface area contributed by atoms with Crippen LogP contribution in [-0.4, -0.2) is 43.2 Å². The third-order valence-corrected chi connectivity index (χ3v) is 4.32. The largest absolute Gasteiger partial charge is 0.378 e. The smallest absolute Gasteiger partial charge is 0.263 e. The highest BCUT2D eigenvalue weighted by molar-refractivity contribution is 7.13. The zero-order chi connectivity index (χ0) is 13.1. The van der Waals surface area contributed by atoms with Crippen LogP contribution in [0, 0.1) is 0 Å². The molecule has 0 saturated carbocycles. The topological polar surface area (TPSA) is 63.2 Å². The molecule has 1 aromatic rings. The molecule has 1 amide bonds. The van der Waals surface area contributed by atoms with E-state index in [4.69, 9.17) is 4.74 Å². The van der Waals surface area contributed by atoms with E-state index < -0.39 is 0 Å². The van der Waals surface area contributed by atoms with E-state index >= 15 is 0 Å². The average molecular weight is 269 g/mol. The summed E-state index contributed by atoms with van der Waals surface area (Å²) in [4.78, 5) is 17.0. The molecule has 0 radical (unpaired) electrons. The number of methoxy groups -OCH3 is 1. The van der Waals surface area contributed by atoms with Gasteiger partial charge in [0.25, 0.3) is 5.91 Å². The molecule has 100 valence electrons. The van der Waals surface area contributed by atoms with Gasteiger partial charge in [-0.15, -0.1) is 11.3 Å². The van der Waals surface area contributed by atoms with Crippen LogP contribution in [0.25, 0.3) is 0 Å². The second kappa shape index (κ2) is 5.77. The Balaban J connectivity index is 1.98. The van der Waals surface area contributed by atoms with E-state index in [2.05, 4.69) is 29.5 Å². The Hall–Kier alpha value is -0.980.